The maximum absolute atomic E-state index is 5.90. The summed E-state index contributed by atoms with van der Waals surface area (Å²) in [4.78, 5) is 0. The van der Waals surface area contributed by atoms with Gasteiger partial charge in [0.25, 0.3) is 0 Å². The summed E-state index contributed by atoms with van der Waals surface area (Å²) in [6.07, 6.45) is 1.73. The zero-order chi connectivity index (χ0) is 9.84. The summed E-state index contributed by atoms with van der Waals surface area (Å²) in [7, 11) is 0. The van der Waals surface area contributed by atoms with Crippen molar-refractivity contribution in [1.82, 2.24) is 0 Å². The van der Waals surface area contributed by atoms with Crippen molar-refractivity contribution >= 4 is 40.5 Å². The first-order chi connectivity index (χ1) is 6.15. The topological polar surface area (TPSA) is 12.0 Å². The van der Waals surface area contributed by atoms with Gasteiger partial charge in [0.05, 0.1) is 20.8 Å². The summed E-state index contributed by atoms with van der Waals surface area (Å²) in [5.74, 6) is 0. The van der Waals surface area contributed by atoms with Gasteiger partial charge >= 0.3 is 0 Å². The molecular formula is C9H8Cl3N. The molecule has 0 aliphatic carbocycles. The van der Waals surface area contributed by atoms with Crippen molar-refractivity contribution in [2.75, 3.05) is 11.9 Å². The molecule has 0 unspecified atom stereocenters. The van der Waals surface area contributed by atoms with Crippen LogP contribution in [0.2, 0.25) is 15.1 Å². The molecule has 0 fully saturated rings. The number of hydrogen-bond acceptors (Lipinski definition) is 1. The van der Waals surface area contributed by atoms with E-state index in [1.54, 1.807) is 18.2 Å². The summed E-state index contributed by atoms with van der Waals surface area (Å²) >= 11 is 17.5. The van der Waals surface area contributed by atoms with E-state index < -0.39 is 0 Å². The highest BCUT2D eigenvalue weighted by Crippen LogP contribution is 2.31. The molecule has 1 aromatic rings. The van der Waals surface area contributed by atoms with Crippen LogP contribution in [0.3, 0.4) is 0 Å². The molecule has 0 radical (unpaired) electrons. The van der Waals surface area contributed by atoms with Crippen LogP contribution in [0.1, 0.15) is 0 Å². The maximum Gasteiger partial charge on any atom is 0.0653 e. The molecule has 0 bridgehead atoms. The van der Waals surface area contributed by atoms with Crippen LogP contribution in [0.4, 0.5) is 5.69 Å². The Morgan fingerprint density at radius 2 is 1.77 bits per heavy atom. The molecule has 0 saturated heterocycles. The Morgan fingerprint density at radius 3 is 2.38 bits per heavy atom. The molecule has 0 aliphatic heterocycles. The largest absolute Gasteiger partial charge is 0.380 e. The van der Waals surface area contributed by atoms with Gasteiger partial charge in [-0.05, 0) is 12.1 Å². The van der Waals surface area contributed by atoms with Crippen LogP contribution < -0.4 is 5.32 Å². The number of halogens is 3. The zero-order valence-electron chi connectivity index (χ0n) is 6.78. The minimum absolute atomic E-state index is 0.454. The molecule has 1 nitrogen and oxygen atoms in total. The second kappa shape index (κ2) is 4.75. The molecule has 0 saturated carbocycles. The summed E-state index contributed by atoms with van der Waals surface area (Å²) in [5, 5.41) is 4.53. The van der Waals surface area contributed by atoms with E-state index in [0.29, 0.717) is 21.6 Å². The molecule has 1 aromatic carbocycles. The third kappa shape index (κ3) is 2.80. The van der Waals surface area contributed by atoms with Gasteiger partial charge in [-0.25, -0.2) is 0 Å². The number of rotatable bonds is 3. The fourth-order valence-corrected chi connectivity index (χ4v) is 1.45. The first kappa shape index (κ1) is 10.7. The SMILES string of the molecule is C=CCNc1cc(Cl)c(Cl)cc1Cl. The van der Waals surface area contributed by atoms with Crippen molar-refractivity contribution in [3.8, 4) is 0 Å². The number of hydrogen-bond donors (Lipinski definition) is 1. The molecule has 1 N–H and O–H groups in total. The average molecular weight is 237 g/mol. The third-order valence-corrected chi connectivity index (χ3v) is 2.48. The number of benzene rings is 1. The lowest BCUT2D eigenvalue weighted by molar-refractivity contribution is 1.34. The normalized spacial score (nSPS) is 9.77. The minimum atomic E-state index is 0.454. The van der Waals surface area contributed by atoms with Crippen molar-refractivity contribution in [1.29, 1.82) is 0 Å². The predicted octanol–water partition coefficient (Wildman–Crippen LogP) is 4.24. The molecule has 0 aliphatic rings. The van der Waals surface area contributed by atoms with E-state index in [2.05, 4.69) is 11.9 Å². The molecule has 0 amide bonds. The first-order valence-corrected chi connectivity index (χ1v) is 4.78. The van der Waals surface area contributed by atoms with Crippen molar-refractivity contribution in [2.24, 2.45) is 0 Å². The van der Waals surface area contributed by atoms with Gasteiger partial charge in [-0.3, -0.25) is 0 Å². The second-order valence-corrected chi connectivity index (χ2v) is 3.64. The van der Waals surface area contributed by atoms with Crippen LogP contribution in [-0.2, 0) is 0 Å². The Bertz CT molecular complexity index is 323. The van der Waals surface area contributed by atoms with E-state index in [1.807, 2.05) is 0 Å². The number of anilines is 1. The highest BCUT2D eigenvalue weighted by atomic mass is 35.5. The van der Waals surface area contributed by atoms with E-state index in [0.717, 1.165) is 5.69 Å². The summed E-state index contributed by atoms with van der Waals surface area (Å²) in [6.45, 7) is 4.22. The summed E-state index contributed by atoms with van der Waals surface area (Å²) in [6, 6.07) is 3.30. The van der Waals surface area contributed by atoms with Crippen LogP contribution in [-0.4, -0.2) is 6.54 Å². The van der Waals surface area contributed by atoms with Gasteiger partial charge in [0.1, 0.15) is 0 Å². The van der Waals surface area contributed by atoms with Gasteiger partial charge in [0.2, 0.25) is 0 Å². The Morgan fingerprint density at radius 1 is 1.15 bits per heavy atom. The van der Waals surface area contributed by atoms with E-state index in [1.165, 1.54) is 0 Å². The summed E-state index contributed by atoms with van der Waals surface area (Å²) in [5.41, 5.74) is 0.760. The Kier molecular flexibility index (Phi) is 3.91. The average Bonchev–Trinajstić information content (AvgIpc) is 2.09. The molecule has 0 atom stereocenters. The lowest BCUT2D eigenvalue weighted by Crippen LogP contribution is -1.98. The molecule has 4 heteroatoms. The lowest BCUT2D eigenvalue weighted by Gasteiger charge is -2.07. The van der Waals surface area contributed by atoms with E-state index in [-0.39, 0.29) is 0 Å². The van der Waals surface area contributed by atoms with Crippen molar-refractivity contribution in [3.63, 3.8) is 0 Å². The molecule has 0 spiro atoms. The van der Waals surface area contributed by atoms with Gasteiger partial charge < -0.3 is 5.32 Å². The van der Waals surface area contributed by atoms with Crippen molar-refractivity contribution < 1.29 is 0 Å². The molecular weight excluding hydrogens is 228 g/mol. The van der Waals surface area contributed by atoms with Gasteiger partial charge in [-0.15, -0.1) is 6.58 Å². The van der Waals surface area contributed by atoms with Gasteiger partial charge in [-0.2, -0.15) is 0 Å². The van der Waals surface area contributed by atoms with Crippen LogP contribution >= 0.6 is 34.8 Å². The van der Waals surface area contributed by atoms with Crippen molar-refractivity contribution in [3.05, 3.63) is 39.9 Å². The van der Waals surface area contributed by atoms with Crippen LogP contribution in [0.5, 0.6) is 0 Å². The van der Waals surface area contributed by atoms with Crippen LogP contribution in [0, 0.1) is 0 Å². The monoisotopic (exact) mass is 235 g/mol. The molecule has 1 rings (SSSR count). The third-order valence-electron chi connectivity index (χ3n) is 1.45. The minimum Gasteiger partial charge on any atom is -0.380 e. The summed E-state index contributed by atoms with van der Waals surface area (Å²) < 4.78 is 0. The predicted molar refractivity (Wildman–Crippen MR) is 60.2 cm³/mol. The Hall–Kier alpha value is -0.370. The van der Waals surface area contributed by atoms with E-state index in [4.69, 9.17) is 34.8 Å². The van der Waals surface area contributed by atoms with Crippen LogP contribution in [0.15, 0.2) is 24.8 Å². The molecule has 70 valence electrons. The standard InChI is InChI=1S/C9H8Cl3N/c1-2-3-13-9-5-7(11)6(10)4-8(9)12/h2,4-5,13H,1,3H2. The van der Waals surface area contributed by atoms with Crippen molar-refractivity contribution in [2.45, 2.75) is 0 Å². The lowest BCUT2D eigenvalue weighted by atomic mass is 10.3. The number of nitrogens with one attached hydrogen (secondary N) is 1. The highest BCUT2D eigenvalue weighted by Gasteiger charge is 2.04. The zero-order valence-corrected chi connectivity index (χ0v) is 9.05. The van der Waals surface area contributed by atoms with Crippen LogP contribution in [0.25, 0.3) is 0 Å². The quantitative estimate of drug-likeness (QED) is 0.611. The molecule has 13 heavy (non-hydrogen) atoms. The Balaban J connectivity index is 2.94. The first-order valence-electron chi connectivity index (χ1n) is 3.64. The van der Waals surface area contributed by atoms with Gasteiger partial charge in [-0.1, -0.05) is 40.9 Å². The van der Waals surface area contributed by atoms with Gasteiger partial charge in [0, 0.05) is 6.54 Å². The molecule has 0 aromatic heterocycles. The fourth-order valence-electron chi connectivity index (χ4n) is 0.840. The Labute approximate surface area is 92.3 Å². The second-order valence-electron chi connectivity index (χ2n) is 2.42. The highest BCUT2D eigenvalue weighted by molar-refractivity contribution is 6.44. The van der Waals surface area contributed by atoms with Gasteiger partial charge in [0.15, 0.2) is 0 Å². The fraction of sp³-hybridized carbons (Fsp3) is 0.111. The van der Waals surface area contributed by atoms with E-state index in [9.17, 15) is 0 Å². The molecule has 0 heterocycles. The smallest absolute Gasteiger partial charge is 0.0653 e. The maximum atomic E-state index is 5.90. The van der Waals surface area contributed by atoms with E-state index >= 15 is 0 Å².